The number of esters is 1. The van der Waals surface area contributed by atoms with E-state index in [1.54, 1.807) is 36.4 Å². The van der Waals surface area contributed by atoms with Crippen LogP contribution in [0.5, 0.6) is 0 Å². The monoisotopic (exact) mass is 444 g/mol. The van der Waals surface area contributed by atoms with Gasteiger partial charge in [0.05, 0.1) is 19.6 Å². The van der Waals surface area contributed by atoms with Gasteiger partial charge in [0, 0.05) is 23.6 Å². The Hall–Kier alpha value is -2.86. The molecule has 2 amide bonds. The Kier molecular flexibility index (Phi) is 8.63. The second-order valence-electron chi connectivity index (χ2n) is 8.26. The van der Waals surface area contributed by atoms with Gasteiger partial charge in [-0.25, -0.2) is 0 Å². The smallest absolute Gasteiger partial charge is 0.307 e. The minimum atomic E-state index is -0.616. The number of amides is 2. The van der Waals surface area contributed by atoms with Crippen LogP contribution in [0.1, 0.15) is 61.1 Å². The van der Waals surface area contributed by atoms with Gasteiger partial charge in [-0.1, -0.05) is 62.7 Å². The van der Waals surface area contributed by atoms with Gasteiger partial charge in [0.1, 0.15) is 0 Å². The summed E-state index contributed by atoms with van der Waals surface area (Å²) >= 11 is 6.22. The first-order valence-corrected chi connectivity index (χ1v) is 10.5. The van der Waals surface area contributed by atoms with Crippen molar-refractivity contribution in [2.75, 3.05) is 13.7 Å². The molecule has 166 valence electrons. The van der Waals surface area contributed by atoms with Crippen LogP contribution >= 0.6 is 11.6 Å². The van der Waals surface area contributed by atoms with Gasteiger partial charge >= 0.3 is 5.97 Å². The van der Waals surface area contributed by atoms with Crippen LogP contribution in [0.25, 0.3) is 0 Å². The molecule has 7 heteroatoms. The van der Waals surface area contributed by atoms with Crippen LogP contribution in [-0.2, 0) is 19.7 Å². The maximum atomic E-state index is 12.4. The van der Waals surface area contributed by atoms with Gasteiger partial charge in [-0.2, -0.15) is 0 Å². The highest BCUT2D eigenvalue weighted by Gasteiger charge is 2.21. The average Bonchev–Trinajstić information content (AvgIpc) is 2.73. The highest BCUT2D eigenvalue weighted by molar-refractivity contribution is 6.31. The molecule has 0 spiro atoms. The maximum absolute atomic E-state index is 12.4. The zero-order valence-corrected chi connectivity index (χ0v) is 19.1. The first kappa shape index (κ1) is 24.4. The summed E-state index contributed by atoms with van der Waals surface area (Å²) in [4.78, 5) is 36.5. The molecule has 0 heterocycles. The van der Waals surface area contributed by atoms with E-state index in [-0.39, 0.29) is 36.6 Å². The molecule has 0 aliphatic rings. The van der Waals surface area contributed by atoms with Gasteiger partial charge in [-0.3, -0.25) is 14.4 Å². The van der Waals surface area contributed by atoms with E-state index in [0.717, 1.165) is 5.56 Å². The van der Waals surface area contributed by atoms with Crippen molar-refractivity contribution in [1.29, 1.82) is 0 Å². The highest BCUT2D eigenvalue weighted by atomic mass is 35.5. The fourth-order valence-electron chi connectivity index (χ4n) is 3.03. The summed E-state index contributed by atoms with van der Waals surface area (Å²) in [5.41, 5.74) is 2.31. The molecular formula is C24H29ClN2O4. The van der Waals surface area contributed by atoms with E-state index in [1.165, 1.54) is 7.11 Å². The van der Waals surface area contributed by atoms with Gasteiger partial charge in [0.2, 0.25) is 5.91 Å². The number of rotatable bonds is 8. The summed E-state index contributed by atoms with van der Waals surface area (Å²) in [5.74, 6) is -1.01. The van der Waals surface area contributed by atoms with E-state index in [2.05, 4.69) is 31.4 Å². The Labute approximate surface area is 188 Å². The summed E-state index contributed by atoms with van der Waals surface area (Å²) in [5, 5.41) is 6.00. The Morgan fingerprint density at radius 2 is 1.68 bits per heavy atom. The average molecular weight is 445 g/mol. The molecule has 2 aromatic carbocycles. The Morgan fingerprint density at radius 1 is 1.03 bits per heavy atom. The number of hydrogen-bond acceptors (Lipinski definition) is 4. The van der Waals surface area contributed by atoms with Crippen molar-refractivity contribution in [3.63, 3.8) is 0 Å². The Balaban J connectivity index is 1.92. The van der Waals surface area contributed by atoms with Crippen LogP contribution in [0.3, 0.4) is 0 Å². The van der Waals surface area contributed by atoms with E-state index in [4.69, 9.17) is 16.3 Å². The van der Waals surface area contributed by atoms with Crippen LogP contribution in [-0.4, -0.2) is 31.4 Å². The zero-order valence-electron chi connectivity index (χ0n) is 18.3. The molecule has 2 rings (SSSR count). The van der Waals surface area contributed by atoms with Crippen molar-refractivity contribution < 1.29 is 19.1 Å². The fourth-order valence-corrected chi connectivity index (χ4v) is 3.29. The van der Waals surface area contributed by atoms with Gasteiger partial charge in [0.15, 0.2) is 0 Å². The molecule has 1 atom stereocenters. The molecule has 6 nitrogen and oxygen atoms in total. The molecule has 0 saturated carbocycles. The second-order valence-corrected chi connectivity index (χ2v) is 8.66. The summed E-state index contributed by atoms with van der Waals surface area (Å²) in [7, 11) is 1.29. The number of methoxy groups -OCH3 is 1. The molecule has 0 fully saturated rings. The molecule has 2 N–H and O–H groups in total. The molecule has 0 aromatic heterocycles. The number of carbonyl (C=O) groups is 3. The van der Waals surface area contributed by atoms with Gasteiger partial charge in [-0.15, -0.1) is 0 Å². The number of benzene rings is 2. The van der Waals surface area contributed by atoms with Crippen LogP contribution in [0.2, 0.25) is 5.02 Å². The van der Waals surface area contributed by atoms with Gasteiger partial charge in [-0.05, 0) is 34.7 Å². The standard InChI is InChI=1S/C24H29ClN2O4/c1-24(2,3)17-11-9-16(10-12-17)23(30)26-14-13-21(28)27-20(15-22(29)31-4)18-7-5-6-8-19(18)25/h5-12,20H,13-15H2,1-4H3,(H,26,30)(H,27,28). The predicted octanol–water partition coefficient (Wildman–Crippen LogP) is 4.18. The minimum Gasteiger partial charge on any atom is -0.469 e. The van der Waals surface area contributed by atoms with Crippen LogP contribution in [0.15, 0.2) is 48.5 Å². The molecule has 0 saturated heterocycles. The first-order chi connectivity index (χ1) is 14.6. The fraction of sp³-hybridized carbons (Fsp3) is 0.375. The highest BCUT2D eigenvalue weighted by Crippen LogP contribution is 2.25. The van der Waals surface area contributed by atoms with E-state index < -0.39 is 12.0 Å². The van der Waals surface area contributed by atoms with Crippen molar-refractivity contribution in [2.24, 2.45) is 0 Å². The van der Waals surface area contributed by atoms with Crippen molar-refractivity contribution in [3.8, 4) is 0 Å². The molecule has 2 aromatic rings. The lowest BCUT2D eigenvalue weighted by Gasteiger charge is -2.20. The molecule has 31 heavy (non-hydrogen) atoms. The molecule has 0 bridgehead atoms. The third-order valence-electron chi connectivity index (χ3n) is 4.87. The summed E-state index contributed by atoms with van der Waals surface area (Å²) in [6, 6.07) is 13.8. The largest absolute Gasteiger partial charge is 0.469 e. The van der Waals surface area contributed by atoms with Crippen LogP contribution < -0.4 is 10.6 Å². The lowest BCUT2D eigenvalue weighted by atomic mass is 9.87. The van der Waals surface area contributed by atoms with Crippen LogP contribution in [0.4, 0.5) is 0 Å². The predicted molar refractivity (Wildman–Crippen MR) is 121 cm³/mol. The second kappa shape index (κ2) is 11.0. The lowest BCUT2D eigenvalue weighted by Crippen LogP contribution is -2.34. The summed E-state index contributed by atoms with van der Waals surface area (Å²) in [6.45, 7) is 6.49. The molecule has 1 unspecified atom stereocenters. The molecule has 0 radical (unpaired) electrons. The SMILES string of the molecule is COC(=O)CC(NC(=O)CCNC(=O)c1ccc(C(C)(C)C)cc1)c1ccccc1Cl. The number of halogens is 1. The topological polar surface area (TPSA) is 84.5 Å². The van der Waals surface area contributed by atoms with E-state index >= 15 is 0 Å². The third kappa shape index (κ3) is 7.40. The lowest BCUT2D eigenvalue weighted by molar-refractivity contribution is -0.141. The number of nitrogens with one attached hydrogen (secondary N) is 2. The van der Waals surface area contributed by atoms with Crippen molar-refractivity contribution in [1.82, 2.24) is 10.6 Å². The zero-order chi connectivity index (χ0) is 23.0. The van der Waals surface area contributed by atoms with Crippen molar-refractivity contribution in [3.05, 3.63) is 70.2 Å². The number of carbonyl (C=O) groups excluding carboxylic acids is 3. The quantitative estimate of drug-likeness (QED) is 0.598. The van der Waals surface area contributed by atoms with E-state index in [1.807, 2.05) is 12.1 Å². The summed E-state index contributed by atoms with van der Waals surface area (Å²) < 4.78 is 4.72. The number of hydrogen-bond donors (Lipinski definition) is 2. The summed E-state index contributed by atoms with van der Waals surface area (Å²) in [6.07, 6.45) is 0.0202. The van der Waals surface area contributed by atoms with Crippen LogP contribution in [0, 0.1) is 0 Å². The van der Waals surface area contributed by atoms with E-state index in [9.17, 15) is 14.4 Å². The third-order valence-corrected chi connectivity index (χ3v) is 5.21. The molecule has 0 aliphatic heterocycles. The first-order valence-electron chi connectivity index (χ1n) is 10.1. The normalized spacial score (nSPS) is 12.0. The molecular weight excluding hydrogens is 416 g/mol. The Morgan fingerprint density at radius 3 is 2.26 bits per heavy atom. The maximum Gasteiger partial charge on any atom is 0.307 e. The van der Waals surface area contributed by atoms with Crippen molar-refractivity contribution in [2.45, 2.75) is 45.1 Å². The van der Waals surface area contributed by atoms with Crippen molar-refractivity contribution >= 4 is 29.4 Å². The Bertz CT molecular complexity index is 920. The minimum absolute atomic E-state index is 0.00941. The van der Waals surface area contributed by atoms with Gasteiger partial charge in [0.25, 0.3) is 5.91 Å². The molecule has 0 aliphatic carbocycles. The number of ether oxygens (including phenoxy) is 1. The van der Waals surface area contributed by atoms with Gasteiger partial charge < -0.3 is 15.4 Å². The van der Waals surface area contributed by atoms with E-state index in [0.29, 0.717) is 16.1 Å².